The lowest BCUT2D eigenvalue weighted by atomic mass is 9.97. The number of imidazole rings is 1. The van der Waals surface area contributed by atoms with E-state index in [1.807, 2.05) is 31.2 Å². The van der Waals surface area contributed by atoms with E-state index in [0.717, 1.165) is 12.0 Å². The van der Waals surface area contributed by atoms with Crippen LogP contribution in [0.5, 0.6) is 0 Å². The summed E-state index contributed by atoms with van der Waals surface area (Å²) in [7, 11) is 0. The lowest BCUT2D eigenvalue weighted by Crippen LogP contribution is -2.32. The highest BCUT2D eigenvalue weighted by Crippen LogP contribution is 2.26. The molecule has 2 atom stereocenters. The minimum absolute atomic E-state index is 0.111. The van der Waals surface area contributed by atoms with E-state index in [9.17, 15) is 0 Å². The molecule has 2 rings (SSSR count). The average Bonchev–Trinajstić information content (AvgIpc) is 2.87. The van der Waals surface area contributed by atoms with Crippen molar-refractivity contribution >= 4 is 11.6 Å². The van der Waals surface area contributed by atoms with E-state index in [0.29, 0.717) is 10.8 Å². The van der Waals surface area contributed by atoms with Gasteiger partial charge >= 0.3 is 0 Å². The van der Waals surface area contributed by atoms with Gasteiger partial charge in [0, 0.05) is 23.5 Å². The summed E-state index contributed by atoms with van der Waals surface area (Å²) in [5.74, 6) is 0.355. The lowest BCUT2D eigenvalue weighted by molar-refractivity contribution is 0.455. The second kappa shape index (κ2) is 5.87. The number of nitrogens with zero attached hydrogens (tertiary/aromatic N) is 3. The molecular formula is C14H15ClN4. The molecule has 2 aromatic rings. The molecule has 1 aromatic carbocycles. The van der Waals surface area contributed by atoms with Crippen molar-refractivity contribution in [3.8, 4) is 6.07 Å². The van der Waals surface area contributed by atoms with Crippen molar-refractivity contribution in [2.75, 3.05) is 0 Å². The first-order valence-corrected chi connectivity index (χ1v) is 6.49. The standard InChI is InChI=1S/C14H15ClN4/c1-2-12(17)14(10-4-3-5-11(15)8-10)19-7-6-18-13(19)9-16/h3-8,12,14H,2,17H2,1H3. The topological polar surface area (TPSA) is 67.6 Å². The van der Waals surface area contributed by atoms with Crippen LogP contribution in [0, 0.1) is 11.3 Å². The van der Waals surface area contributed by atoms with Crippen molar-refractivity contribution in [1.82, 2.24) is 9.55 Å². The first-order chi connectivity index (χ1) is 9.17. The van der Waals surface area contributed by atoms with Crippen LogP contribution in [0.1, 0.15) is 30.8 Å². The van der Waals surface area contributed by atoms with Crippen LogP contribution in [0.2, 0.25) is 5.02 Å². The maximum Gasteiger partial charge on any atom is 0.213 e. The molecule has 0 bridgehead atoms. The van der Waals surface area contributed by atoms with Crippen molar-refractivity contribution < 1.29 is 0 Å². The number of aromatic nitrogens is 2. The second-order valence-electron chi connectivity index (χ2n) is 4.34. The molecule has 2 unspecified atom stereocenters. The van der Waals surface area contributed by atoms with E-state index in [2.05, 4.69) is 11.1 Å². The third-order valence-electron chi connectivity index (χ3n) is 3.14. The van der Waals surface area contributed by atoms with E-state index < -0.39 is 0 Å². The first-order valence-electron chi connectivity index (χ1n) is 6.11. The molecule has 0 aliphatic rings. The maximum atomic E-state index is 9.11. The van der Waals surface area contributed by atoms with Gasteiger partial charge < -0.3 is 10.3 Å². The fourth-order valence-electron chi connectivity index (χ4n) is 2.15. The molecule has 0 radical (unpaired) electrons. The Morgan fingerprint density at radius 2 is 2.32 bits per heavy atom. The number of benzene rings is 1. The zero-order valence-electron chi connectivity index (χ0n) is 10.6. The Labute approximate surface area is 117 Å². The highest BCUT2D eigenvalue weighted by atomic mass is 35.5. The zero-order valence-corrected chi connectivity index (χ0v) is 11.4. The van der Waals surface area contributed by atoms with Crippen LogP contribution in [-0.4, -0.2) is 15.6 Å². The Balaban J connectivity index is 2.51. The van der Waals surface area contributed by atoms with Crippen molar-refractivity contribution in [3.05, 3.63) is 53.1 Å². The summed E-state index contributed by atoms with van der Waals surface area (Å²) in [4.78, 5) is 4.03. The lowest BCUT2D eigenvalue weighted by Gasteiger charge is -2.25. The third-order valence-corrected chi connectivity index (χ3v) is 3.37. The highest BCUT2D eigenvalue weighted by Gasteiger charge is 2.22. The summed E-state index contributed by atoms with van der Waals surface area (Å²) in [5.41, 5.74) is 7.20. The van der Waals surface area contributed by atoms with Crippen LogP contribution < -0.4 is 5.73 Å². The van der Waals surface area contributed by atoms with Gasteiger partial charge in [0.05, 0.1) is 6.04 Å². The molecule has 1 heterocycles. The van der Waals surface area contributed by atoms with Crippen LogP contribution >= 0.6 is 11.6 Å². The summed E-state index contributed by atoms with van der Waals surface area (Å²) < 4.78 is 1.81. The summed E-state index contributed by atoms with van der Waals surface area (Å²) in [6.07, 6.45) is 4.18. The molecular weight excluding hydrogens is 260 g/mol. The minimum atomic E-state index is -0.138. The molecule has 1 aromatic heterocycles. The predicted molar refractivity (Wildman–Crippen MR) is 74.8 cm³/mol. The van der Waals surface area contributed by atoms with Crippen molar-refractivity contribution in [1.29, 1.82) is 5.26 Å². The van der Waals surface area contributed by atoms with Crippen LogP contribution in [0.4, 0.5) is 0 Å². The van der Waals surface area contributed by atoms with Crippen LogP contribution in [0.15, 0.2) is 36.7 Å². The van der Waals surface area contributed by atoms with Gasteiger partial charge in [0.1, 0.15) is 6.07 Å². The molecule has 0 aliphatic heterocycles. The molecule has 98 valence electrons. The quantitative estimate of drug-likeness (QED) is 0.932. The Bertz CT molecular complexity index is 599. The molecule has 0 aliphatic carbocycles. The molecule has 2 N–H and O–H groups in total. The van der Waals surface area contributed by atoms with Crippen LogP contribution in [-0.2, 0) is 0 Å². The molecule has 0 amide bonds. The molecule has 0 saturated carbocycles. The number of hydrogen-bond donors (Lipinski definition) is 1. The first kappa shape index (κ1) is 13.6. The van der Waals surface area contributed by atoms with Gasteiger partial charge in [0.25, 0.3) is 0 Å². The van der Waals surface area contributed by atoms with Crippen LogP contribution in [0.3, 0.4) is 0 Å². The SMILES string of the molecule is CCC(N)C(c1cccc(Cl)c1)n1ccnc1C#N. The number of nitriles is 1. The molecule has 5 heteroatoms. The monoisotopic (exact) mass is 274 g/mol. The van der Waals surface area contributed by atoms with Gasteiger partial charge in [-0.3, -0.25) is 0 Å². The number of nitrogens with two attached hydrogens (primary N) is 1. The smallest absolute Gasteiger partial charge is 0.213 e. The minimum Gasteiger partial charge on any atom is -0.326 e. The van der Waals surface area contributed by atoms with Gasteiger partial charge in [0.15, 0.2) is 0 Å². The van der Waals surface area contributed by atoms with Crippen molar-refractivity contribution in [2.24, 2.45) is 5.73 Å². The summed E-state index contributed by atoms with van der Waals surface area (Å²) in [6, 6.07) is 9.38. The van der Waals surface area contributed by atoms with E-state index in [1.54, 1.807) is 17.0 Å². The van der Waals surface area contributed by atoms with E-state index in [1.165, 1.54) is 0 Å². The normalized spacial score (nSPS) is 13.8. The van der Waals surface area contributed by atoms with Gasteiger partial charge in [-0.05, 0) is 24.1 Å². The molecule has 4 nitrogen and oxygen atoms in total. The zero-order chi connectivity index (χ0) is 13.8. The number of rotatable bonds is 4. The predicted octanol–water partition coefficient (Wildman–Crippen LogP) is 2.73. The Kier molecular flexibility index (Phi) is 4.20. The van der Waals surface area contributed by atoms with Crippen LogP contribution in [0.25, 0.3) is 0 Å². The highest BCUT2D eigenvalue weighted by molar-refractivity contribution is 6.30. The number of hydrogen-bond acceptors (Lipinski definition) is 3. The largest absolute Gasteiger partial charge is 0.326 e. The van der Waals surface area contributed by atoms with E-state index >= 15 is 0 Å². The van der Waals surface area contributed by atoms with Crippen molar-refractivity contribution in [2.45, 2.75) is 25.4 Å². The second-order valence-corrected chi connectivity index (χ2v) is 4.78. The summed E-state index contributed by atoms with van der Waals surface area (Å²) in [5, 5.41) is 9.77. The van der Waals surface area contributed by atoms with Gasteiger partial charge in [-0.15, -0.1) is 0 Å². The fourth-order valence-corrected chi connectivity index (χ4v) is 2.35. The summed E-state index contributed by atoms with van der Waals surface area (Å²) in [6.45, 7) is 2.02. The molecule has 19 heavy (non-hydrogen) atoms. The molecule has 0 saturated heterocycles. The Morgan fingerprint density at radius 3 is 2.95 bits per heavy atom. The molecule has 0 fully saturated rings. The van der Waals surface area contributed by atoms with Gasteiger partial charge in [-0.2, -0.15) is 5.26 Å². The third kappa shape index (κ3) is 2.78. The number of halogens is 1. The maximum absolute atomic E-state index is 9.11. The molecule has 0 spiro atoms. The Hall–Kier alpha value is -1.83. The van der Waals surface area contributed by atoms with Gasteiger partial charge in [0.2, 0.25) is 5.82 Å². The van der Waals surface area contributed by atoms with E-state index in [-0.39, 0.29) is 12.1 Å². The Morgan fingerprint density at radius 1 is 1.53 bits per heavy atom. The van der Waals surface area contributed by atoms with Gasteiger partial charge in [-0.1, -0.05) is 30.7 Å². The average molecular weight is 275 g/mol. The fraction of sp³-hybridized carbons (Fsp3) is 0.286. The van der Waals surface area contributed by atoms with Crippen molar-refractivity contribution in [3.63, 3.8) is 0 Å². The van der Waals surface area contributed by atoms with E-state index in [4.69, 9.17) is 22.6 Å². The van der Waals surface area contributed by atoms with Gasteiger partial charge in [-0.25, -0.2) is 4.98 Å². The summed E-state index contributed by atoms with van der Waals surface area (Å²) >= 11 is 6.04.